The number of amides is 1. The van der Waals surface area contributed by atoms with Crippen LogP contribution in [0, 0.1) is 5.92 Å². The molecule has 1 aliphatic heterocycles. The number of hydrogen-bond acceptors (Lipinski definition) is 6. The van der Waals surface area contributed by atoms with Gasteiger partial charge < -0.3 is 5.73 Å². The molecule has 29 heavy (non-hydrogen) atoms. The molecule has 0 spiro atoms. The van der Waals surface area contributed by atoms with Gasteiger partial charge in [0.1, 0.15) is 18.1 Å². The van der Waals surface area contributed by atoms with Crippen LogP contribution in [-0.2, 0) is 24.1 Å². The summed E-state index contributed by atoms with van der Waals surface area (Å²) in [5.74, 6) is 0.456. The summed E-state index contributed by atoms with van der Waals surface area (Å²) >= 11 is 0. The van der Waals surface area contributed by atoms with Crippen LogP contribution in [0.5, 0.6) is 0 Å². The van der Waals surface area contributed by atoms with Crippen molar-refractivity contribution in [2.75, 3.05) is 0 Å². The Balaban J connectivity index is 1.74. The molecule has 4 rings (SSSR count). The molecule has 0 radical (unpaired) electrons. The number of nitrogens with zero attached hydrogens (tertiary/aromatic N) is 7. The molecule has 4 heterocycles. The molecule has 0 aliphatic carbocycles. The van der Waals surface area contributed by atoms with Crippen LogP contribution in [-0.4, -0.2) is 41.1 Å². The molecule has 9 nitrogen and oxygen atoms in total. The van der Waals surface area contributed by atoms with Gasteiger partial charge in [0.05, 0.1) is 11.4 Å². The number of allylic oxidation sites excluding steroid dienone is 1. The molecule has 3 aromatic heterocycles. The maximum absolute atomic E-state index is 11.9. The van der Waals surface area contributed by atoms with Crippen LogP contribution in [0.4, 0.5) is 0 Å². The second-order valence-corrected chi connectivity index (χ2v) is 7.04. The summed E-state index contributed by atoms with van der Waals surface area (Å²) in [7, 11) is 0. The zero-order valence-corrected chi connectivity index (χ0v) is 16.6. The number of nitrogens with two attached hydrogens (primary N) is 1. The Bertz CT molecular complexity index is 1110. The summed E-state index contributed by atoms with van der Waals surface area (Å²) in [5, 5.41) is 8.89. The van der Waals surface area contributed by atoms with E-state index in [9.17, 15) is 4.79 Å². The lowest BCUT2D eigenvalue weighted by Gasteiger charge is -2.19. The van der Waals surface area contributed by atoms with Gasteiger partial charge in [-0.15, -0.1) is 5.10 Å². The van der Waals surface area contributed by atoms with Crippen LogP contribution >= 0.6 is 0 Å². The second-order valence-electron chi connectivity index (χ2n) is 7.04. The molecule has 0 saturated carbocycles. The number of aliphatic imine (C=N–C) groups is 1. The fourth-order valence-corrected chi connectivity index (χ4v) is 3.60. The van der Waals surface area contributed by atoms with Gasteiger partial charge in [-0.1, -0.05) is 26.3 Å². The normalized spacial score (nSPS) is 16.3. The number of aromatic nitrogens is 6. The van der Waals surface area contributed by atoms with Crippen molar-refractivity contribution in [2.24, 2.45) is 16.6 Å². The molecule has 1 atom stereocenters. The van der Waals surface area contributed by atoms with Gasteiger partial charge in [0.2, 0.25) is 5.91 Å². The van der Waals surface area contributed by atoms with E-state index in [4.69, 9.17) is 5.73 Å². The SMILES string of the molecule is CCCc1c(Cc2ccnn2C2=NC=CCC2C(N)=O)ncn2nc(CC)nc12. The highest BCUT2D eigenvalue weighted by Gasteiger charge is 2.26. The van der Waals surface area contributed by atoms with Gasteiger partial charge in [0.15, 0.2) is 11.5 Å². The summed E-state index contributed by atoms with van der Waals surface area (Å²) in [6, 6.07) is 1.92. The van der Waals surface area contributed by atoms with E-state index in [2.05, 4.69) is 32.1 Å². The van der Waals surface area contributed by atoms with Gasteiger partial charge in [-0.05, 0) is 18.9 Å². The van der Waals surface area contributed by atoms with E-state index in [1.807, 2.05) is 19.1 Å². The number of carbonyl (C=O) groups excluding carboxylic acids is 1. The highest BCUT2D eigenvalue weighted by Crippen LogP contribution is 2.21. The first-order valence-corrected chi connectivity index (χ1v) is 9.89. The summed E-state index contributed by atoms with van der Waals surface area (Å²) in [5.41, 5.74) is 9.35. The van der Waals surface area contributed by atoms with E-state index in [1.54, 1.807) is 27.9 Å². The maximum Gasteiger partial charge on any atom is 0.228 e. The van der Waals surface area contributed by atoms with Crippen LogP contribution in [0.2, 0.25) is 0 Å². The third-order valence-corrected chi connectivity index (χ3v) is 5.06. The molecule has 0 fully saturated rings. The van der Waals surface area contributed by atoms with Crippen molar-refractivity contribution in [2.45, 2.75) is 46.0 Å². The fraction of sp³-hybridized carbons (Fsp3) is 0.400. The van der Waals surface area contributed by atoms with Gasteiger partial charge in [-0.25, -0.2) is 24.2 Å². The van der Waals surface area contributed by atoms with E-state index in [-0.39, 0.29) is 0 Å². The van der Waals surface area contributed by atoms with Crippen LogP contribution in [0.25, 0.3) is 5.65 Å². The first-order valence-electron chi connectivity index (χ1n) is 9.89. The van der Waals surface area contributed by atoms with E-state index >= 15 is 0 Å². The summed E-state index contributed by atoms with van der Waals surface area (Å²) in [6.07, 6.45) is 10.6. The minimum Gasteiger partial charge on any atom is -0.369 e. The van der Waals surface area contributed by atoms with Gasteiger partial charge in [-0.3, -0.25) is 4.79 Å². The number of carbonyl (C=O) groups is 1. The van der Waals surface area contributed by atoms with Crippen LogP contribution in [0.3, 0.4) is 0 Å². The average molecular weight is 392 g/mol. The lowest BCUT2D eigenvalue weighted by Crippen LogP contribution is -2.36. The first-order chi connectivity index (χ1) is 14.1. The molecule has 3 aromatic rings. The minimum absolute atomic E-state index is 0.406. The zero-order valence-electron chi connectivity index (χ0n) is 16.6. The largest absolute Gasteiger partial charge is 0.369 e. The summed E-state index contributed by atoms with van der Waals surface area (Å²) < 4.78 is 3.46. The lowest BCUT2D eigenvalue weighted by atomic mass is 10.0. The van der Waals surface area contributed by atoms with Crippen molar-refractivity contribution in [3.8, 4) is 0 Å². The number of fused-ring (bicyclic) bond motifs is 1. The molecular weight excluding hydrogens is 368 g/mol. The van der Waals surface area contributed by atoms with Gasteiger partial charge in [0.25, 0.3) is 0 Å². The smallest absolute Gasteiger partial charge is 0.228 e. The molecular formula is C20H24N8O. The predicted molar refractivity (Wildman–Crippen MR) is 108 cm³/mol. The molecule has 1 unspecified atom stereocenters. The third kappa shape index (κ3) is 3.55. The third-order valence-electron chi connectivity index (χ3n) is 5.06. The minimum atomic E-state index is -0.493. The molecule has 0 aromatic carbocycles. The monoisotopic (exact) mass is 392 g/mol. The topological polar surface area (TPSA) is 116 Å². The van der Waals surface area contributed by atoms with Crippen molar-refractivity contribution >= 4 is 17.4 Å². The molecule has 1 aliphatic rings. The van der Waals surface area contributed by atoms with E-state index < -0.39 is 11.8 Å². The Hall–Kier alpha value is -3.36. The molecule has 0 saturated heterocycles. The number of rotatable bonds is 6. The number of aryl methyl sites for hydroxylation is 2. The van der Waals surface area contributed by atoms with Crippen molar-refractivity contribution in [3.63, 3.8) is 0 Å². The Morgan fingerprint density at radius 3 is 2.97 bits per heavy atom. The van der Waals surface area contributed by atoms with Crippen LogP contribution < -0.4 is 5.73 Å². The molecule has 1 amide bonds. The summed E-state index contributed by atoms with van der Waals surface area (Å²) in [6.45, 7) is 4.17. The van der Waals surface area contributed by atoms with Crippen LogP contribution in [0.15, 0.2) is 35.9 Å². The highest BCUT2D eigenvalue weighted by atomic mass is 16.1. The van der Waals surface area contributed by atoms with Gasteiger partial charge in [0, 0.05) is 30.8 Å². The van der Waals surface area contributed by atoms with Gasteiger partial charge >= 0.3 is 0 Å². The Morgan fingerprint density at radius 1 is 1.34 bits per heavy atom. The maximum atomic E-state index is 11.9. The van der Waals surface area contributed by atoms with Crippen molar-refractivity contribution in [1.82, 2.24) is 29.4 Å². The summed E-state index contributed by atoms with van der Waals surface area (Å²) in [4.78, 5) is 25.6. The molecule has 0 bridgehead atoms. The second kappa shape index (κ2) is 7.94. The number of primary amides is 1. The van der Waals surface area contributed by atoms with Gasteiger partial charge in [-0.2, -0.15) is 5.10 Å². The highest BCUT2D eigenvalue weighted by molar-refractivity contribution is 6.04. The predicted octanol–water partition coefficient (Wildman–Crippen LogP) is 1.69. The van der Waals surface area contributed by atoms with E-state index in [0.29, 0.717) is 18.7 Å². The van der Waals surface area contributed by atoms with Crippen molar-refractivity contribution in [1.29, 1.82) is 0 Å². The van der Waals surface area contributed by atoms with E-state index in [1.165, 1.54) is 0 Å². The fourth-order valence-electron chi connectivity index (χ4n) is 3.60. The molecule has 2 N–H and O–H groups in total. The average Bonchev–Trinajstić information content (AvgIpc) is 3.36. The van der Waals surface area contributed by atoms with Crippen molar-refractivity contribution in [3.05, 3.63) is 53.6 Å². The Labute approximate surface area is 168 Å². The quantitative estimate of drug-likeness (QED) is 0.685. The Morgan fingerprint density at radius 2 is 2.21 bits per heavy atom. The van der Waals surface area contributed by atoms with Crippen molar-refractivity contribution < 1.29 is 4.79 Å². The molecule has 9 heteroatoms. The lowest BCUT2D eigenvalue weighted by molar-refractivity contribution is -0.119. The molecule has 150 valence electrons. The first kappa shape index (κ1) is 19.0. The van der Waals surface area contributed by atoms with E-state index in [0.717, 1.165) is 47.7 Å². The Kier molecular flexibility index (Phi) is 5.20. The number of hydrogen-bond donors (Lipinski definition) is 1. The standard InChI is InChI=1S/C20H24N8O/c1-3-6-14-16(23-12-27-20(14)25-17(4-2)26-27)11-13-8-10-24-28(13)19-15(18(21)29)7-5-9-22-19/h5,8-10,12,15H,3-4,6-7,11H2,1-2H3,(H2,21,29). The zero-order chi connectivity index (χ0) is 20.4. The van der Waals surface area contributed by atoms with Crippen LogP contribution in [0.1, 0.15) is 49.5 Å².